The van der Waals surface area contributed by atoms with Gasteiger partial charge in [-0.1, -0.05) is 31.2 Å². The van der Waals surface area contributed by atoms with E-state index in [2.05, 4.69) is 6.92 Å². The van der Waals surface area contributed by atoms with Crippen LogP contribution in [0.1, 0.15) is 52.9 Å². The summed E-state index contributed by atoms with van der Waals surface area (Å²) in [5.41, 5.74) is 1.98. The molecule has 1 fully saturated rings. The van der Waals surface area contributed by atoms with Gasteiger partial charge in [0, 0.05) is 34.0 Å². The molecular weight excluding hydrogens is 486 g/mol. The van der Waals surface area contributed by atoms with Crippen molar-refractivity contribution in [3.63, 3.8) is 0 Å². The number of carbonyl (C=O) groups excluding carboxylic acids is 2. The van der Waals surface area contributed by atoms with E-state index in [1.807, 2.05) is 16.9 Å². The van der Waals surface area contributed by atoms with E-state index in [1.54, 1.807) is 24.3 Å². The summed E-state index contributed by atoms with van der Waals surface area (Å²) in [6.07, 6.45) is 6.99. The first-order valence-corrected chi connectivity index (χ1v) is 13.4. The average Bonchev–Trinajstić information content (AvgIpc) is 3.45. The molecule has 1 aromatic heterocycles. The fraction of sp³-hybridized carbons (Fsp3) is 0.259. The highest BCUT2D eigenvalue weighted by molar-refractivity contribution is 7.89. The van der Waals surface area contributed by atoms with Crippen LogP contribution in [0.2, 0.25) is 0 Å². The Hall–Kier alpha value is -3.59. The van der Waals surface area contributed by atoms with Crippen molar-refractivity contribution >= 4 is 38.2 Å². The van der Waals surface area contributed by atoms with E-state index in [9.17, 15) is 26.8 Å². The molecule has 0 unspecified atom stereocenters. The summed E-state index contributed by atoms with van der Waals surface area (Å²) in [5.74, 6) is -1.66. The molecule has 6 nitrogen and oxygen atoms in total. The van der Waals surface area contributed by atoms with Gasteiger partial charge in [0.25, 0.3) is 5.91 Å². The molecule has 1 amide bonds. The van der Waals surface area contributed by atoms with Crippen molar-refractivity contribution < 1.29 is 26.8 Å². The van der Waals surface area contributed by atoms with Crippen LogP contribution in [0.25, 0.3) is 16.5 Å². The number of fused-ring (bicyclic) bond motifs is 1. The number of allylic oxidation sites excluding steroid dienone is 4. The van der Waals surface area contributed by atoms with E-state index in [0.717, 1.165) is 36.4 Å². The van der Waals surface area contributed by atoms with Gasteiger partial charge < -0.3 is 4.57 Å². The average molecular weight is 511 g/mol. The van der Waals surface area contributed by atoms with Crippen LogP contribution < -0.4 is 4.72 Å². The van der Waals surface area contributed by atoms with Gasteiger partial charge in [-0.05, 0) is 54.2 Å². The number of ketones is 1. The molecule has 2 aliphatic rings. The molecule has 0 aliphatic heterocycles. The first kappa shape index (κ1) is 24.1. The number of nitrogens with one attached hydrogen (secondary N) is 1. The number of rotatable bonds is 6. The molecule has 2 atom stereocenters. The Morgan fingerprint density at radius 2 is 1.92 bits per heavy atom. The van der Waals surface area contributed by atoms with Crippen LogP contribution in [-0.2, 0) is 21.4 Å². The summed E-state index contributed by atoms with van der Waals surface area (Å²) < 4.78 is 56.1. The molecule has 1 N–H and O–H groups in total. The van der Waals surface area contributed by atoms with Gasteiger partial charge in [0.2, 0.25) is 10.0 Å². The zero-order chi connectivity index (χ0) is 25.8. The fourth-order valence-corrected chi connectivity index (χ4v) is 5.31. The van der Waals surface area contributed by atoms with Gasteiger partial charge in [-0.3, -0.25) is 9.59 Å². The van der Waals surface area contributed by atoms with Crippen molar-refractivity contribution in [1.82, 2.24) is 9.29 Å². The third kappa shape index (κ3) is 4.51. The molecule has 2 aromatic carbocycles. The van der Waals surface area contributed by atoms with Crippen molar-refractivity contribution in [3.05, 3.63) is 88.6 Å². The Kier molecular flexibility index (Phi) is 5.90. The van der Waals surface area contributed by atoms with Gasteiger partial charge in [-0.2, -0.15) is 0 Å². The van der Waals surface area contributed by atoms with Crippen LogP contribution in [0.3, 0.4) is 0 Å². The third-order valence-electron chi connectivity index (χ3n) is 6.73. The van der Waals surface area contributed by atoms with Crippen LogP contribution in [0.15, 0.2) is 54.6 Å². The highest BCUT2D eigenvalue weighted by atomic mass is 32.2. The van der Waals surface area contributed by atoms with Gasteiger partial charge in [0.15, 0.2) is 5.78 Å². The standard InChI is InChI=1S/C27H24F2N2O4S/c1-15-11-20(15)16-7-10-23-21(13-16)25(19-5-3-4-6-24(19)32)26(27(33)30-36(2,34)35)31(23)14-17-12-18(28)8-9-22(17)29/h3-5,7-10,12-13,15,20H,6,11,14H2,1-2H3,(H,30,33)/t15-,20+/m1/s1. The third-order valence-corrected chi connectivity index (χ3v) is 7.28. The number of carbonyl (C=O) groups is 2. The topological polar surface area (TPSA) is 85.2 Å². The minimum Gasteiger partial charge on any atom is -0.331 e. The first-order chi connectivity index (χ1) is 17.0. The lowest BCUT2D eigenvalue weighted by Gasteiger charge is -2.14. The number of sulfonamides is 1. The van der Waals surface area contributed by atoms with E-state index in [0.29, 0.717) is 22.7 Å². The van der Waals surface area contributed by atoms with Crippen molar-refractivity contribution in [2.45, 2.75) is 32.2 Å². The summed E-state index contributed by atoms with van der Waals surface area (Å²) in [7, 11) is -3.96. The summed E-state index contributed by atoms with van der Waals surface area (Å²) in [6, 6.07) is 8.66. The summed E-state index contributed by atoms with van der Waals surface area (Å²) in [6.45, 7) is 1.89. The molecule has 0 radical (unpaired) electrons. The highest BCUT2D eigenvalue weighted by Crippen LogP contribution is 2.48. The highest BCUT2D eigenvalue weighted by Gasteiger charge is 2.35. The second-order valence-corrected chi connectivity index (χ2v) is 11.2. The Morgan fingerprint density at radius 3 is 2.58 bits per heavy atom. The largest absolute Gasteiger partial charge is 0.331 e. The zero-order valence-electron chi connectivity index (χ0n) is 19.7. The Bertz CT molecular complexity index is 1600. The van der Waals surface area contributed by atoms with Gasteiger partial charge in [0.05, 0.1) is 12.8 Å². The van der Waals surface area contributed by atoms with Crippen LogP contribution in [-0.4, -0.2) is 30.9 Å². The molecule has 36 heavy (non-hydrogen) atoms. The van der Waals surface area contributed by atoms with Crippen LogP contribution in [0.5, 0.6) is 0 Å². The molecule has 1 saturated carbocycles. The van der Waals surface area contributed by atoms with Gasteiger partial charge in [-0.25, -0.2) is 21.9 Å². The smallest absolute Gasteiger partial charge is 0.282 e. The Balaban J connectivity index is 1.82. The first-order valence-electron chi connectivity index (χ1n) is 11.6. The van der Waals surface area contributed by atoms with E-state index < -0.39 is 27.6 Å². The number of nitrogens with zero attached hydrogens (tertiary/aromatic N) is 1. The Morgan fingerprint density at radius 1 is 1.17 bits per heavy atom. The minimum atomic E-state index is -3.96. The second kappa shape index (κ2) is 8.81. The van der Waals surface area contributed by atoms with Crippen molar-refractivity contribution in [1.29, 1.82) is 0 Å². The number of hydrogen-bond donors (Lipinski definition) is 1. The van der Waals surface area contributed by atoms with Gasteiger partial charge in [0.1, 0.15) is 17.3 Å². The second-order valence-electron chi connectivity index (χ2n) is 9.48. The lowest BCUT2D eigenvalue weighted by atomic mass is 9.92. The summed E-state index contributed by atoms with van der Waals surface area (Å²) >= 11 is 0. The van der Waals surface area contributed by atoms with E-state index in [-0.39, 0.29) is 41.1 Å². The van der Waals surface area contributed by atoms with E-state index in [4.69, 9.17) is 0 Å². The van der Waals surface area contributed by atoms with Gasteiger partial charge >= 0.3 is 0 Å². The zero-order valence-corrected chi connectivity index (χ0v) is 20.5. The lowest BCUT2D eigenvalue weighted by Crippen LogP contribution is -2.32. The summed E-state index contributed by atoms with van der Waals surface area (Å²) in [5, 5.41) is 0.581. The molecule has 1 heterocycles. The Labute approximate surface area is 207 Å². The summed E-state index contributed by atoms with van der Waals surface area (Å²) in [4.78, 5) is 26.4. The lowest BCUT2D eigenvalue weighted by molar-refractivity contribution is -0.113. The monoisotopic (exact) mass is 510 g/mol. The van der Waals surface area contributed by atoms with Crippen LogP contribution in [0, 0.1) is 17.6 Å². The minimum absolute atomic E-state index is 0.0180. The molecule has 9 heteroatoms. The number of aromatic nitrogens is 1. The molecule has 0 bridgehead atoms. The maximum atomic E-state index is 14.7. The predicted octanol–water partition coefficient (Wildman–Crippen LogP) is 4.69. The van der Waals surface area contributed by atoms with Crippen LogP contribution >= 0.6 is 0 Å². The van der Waals surface area contributed by atoms with E-state index >= 15 is 0 Å². The van der Waals surface area contributed by atoms with E-state index in [1.165, 1.54) is 4.57 Å². The fourth-order valence-electron chi connectivity index (χ4n) is 4.88. The van der Waals surface area contributed by atoms with Crippen molar-refractivity contribution in [3.8, 4) is 0 Å². The van der Waals surface area contributed by atoms with Crippen molar-refractivity contribution in [2.75, 3.05) is 6.26 Å². The molecule has 3 aromatic rings. The van der Waals surface area contributed by atoms with Gasteiger partial charge in [-0.15, -0.1) is 0 Å². The number of amides is 1. The molecule has 5 rings (SSSR count). The maximum absolute atomic E-state index is 14.7. The predicted molar refractivity (Wildman–Crippen MR) is 133 cm³/mol. The maximum Gasteiger partial charge on any atom is 0.282 e. The number of Topliss-reactive ketones (excluding diaryl/α,β-unsaturated/α-hetero) is 1. The molecule has 0 spiro atoms. The number of halogens is 2. The number of benzene rings is 2. The quantitative estimate of drug-likeness (QED) is 0.521. The normalized spacial score (nSPS) is 19.4. The molecule has 2 aliphatic carbocycles. The molecule has 186 valence electrons. The van der Waals surface area contributed by atoms with Crippen molar-refractivity contribution in [2.24, 2.45) is 5.92 Å². The molecule has 0 saturated heterocycles. The number of hydrogen-bond acceptors (Lipinski definition) is 4. The van der Waals surface area contributed by atoms with Crippen LogP contribution in [0.4, 0.5) is 8.78 Å². The molecular formula is C27H24F2N2O4S. The SMILES string of the molecule is C[C@@H]1C[C@@H]1c1ccc2c(c1)c(C1=CC=CCC1=O)c(C(=O)NS(C)(=O)=O)n2Cc1cc(F)ccc1F.